The van der Waals surface area contributed by atoms with E-state index in [1.54, 1.807) is 0 Å². The molecule has 31 heavy (non-hydrogen) atoms. The van der Waals surface area contributed by atoms with E-state index >= 15 is 0 Å². The topological polar surface area (TPSA) is 84.9 Å². The molecule has 0 amide bonds. The van der Waals surface area contributed by atoms with Crippen molar-refractivity contribution in [3.63, 3.8) is 0 Å². The second-order valence-electron chi connectivity index (χ2n) is 8.74. The van der Waals surface area contributed by atoms with Gasteiger partial charge in [-0.05, 0) is 19.8 Å². The van der Waals surface area contributed by atoms with E-state index in [4.69, 9.17) is 9.29 Å². The summed E-state index contributed by atoms with van der Waals surface area (Å²) in [6.45, 7) is 8.99. The van der Waals surface area contributed by atoms with Gasteiger partial charge in [0, 0.05) is 13.1 Å². The summed E-state index contributed by atoms with van der Waals surface area (Å²) in [6, 6.07) is 0. The largest absolute Gasteiger partial charge is 0.397 e. The molecule has 1 unspecified atom stereocenters. The van der Waals surface area contributed by atoms with E-state index in [1.807, 2.05) is 0 Å². The van der Waals surface area contributed by atoms with Crippen LogP contribution in [-0.4, -0.2) is 44.9 Å². The summed E-state index contributed by atoms with van der Waals surface area (Å²) in [7, 11) is -4.17. The van der Waals surface area contributed by atoms with Gasteiger partial charge in [0.2, 0.25) is 0 Å². The molecule has 188 valence electrons. The van der Waals surface area contributed by atoms with Crippen LogP contribution >= 0.6 is 0 Å². The quantitative estimate of drug-likeness (QED) is 0.179. The van der Waals surface area contributed by atoms with E-state index in [0.717, 1.165) is 26.1 Å². The number of morpholine rings is 1. The van der Waals surface area contributed by atoms with E-state index in [1.165, 1.54) is 103 Å². The standard InChI is InChI=1S/C22H45NO.C2H6O4S/c1-3-5-6-7-8-9-10-11-12-13-14-15-16-17-18-22(4-2)21-23-19-20-24-22;1-2-6-7(3,4)5/h23H,3-21H2,1-2H3;2H2,1H3,(H,3,4,5). The summed E-state index contributed by atoms with van der Waals surface area (Å²) in [5, 5.41) is 3.50. The van der Waals surface area contributed by atoms with Crippen LogP contribution in [0.1, 0.15) is 124 Å². The molecule has 1 heterocycles. The molecule has 1 fully saturated rings. The second kappa shape index (κ2) is 20.4. The molecule has 0 aromatic carbocycles. The number of hydrogen-bond acceptors (Lipinski definition) is 5. The minimum absolute atomic E-state index is 0.0289. The van der Waals surface area contributed by atoms with E-state index in [0.29, 0.717) is 0 Å². The van der Waals surface area contributed by atoms with E-state index in [2.05, 4.69) is 23.3 Å². The third kappa shape index (κ3) is 20.1. The van der Waals surface area contributed by atoms with Gasteiger partial charge in [-0.3, -0.25) is 4.55 Å². The Labute approximate surface area is 193 Å². The molecular formula is C24H51NO5S. The number of hydrogen-bond donors (Lipinski definition) is 2. The van der Waals surface area contributed by atoms with Crippen molar-refractivity contribution in [2.75, 3.05) is 26.3 Å². The lowest BCUT2D eigenvalue weighted by Gasteiger charge is -2.37. The maximum absolute atomic E-state index is 9.56. The second-order valence-corrected chi connectivity index (χ2v) is 9.83. The van der Waals surface area contributed by atoms with Crippen LogP contribution in [0.2, 0.25) is 0 Å². The molecule has 0 spiro atoms. The highest BCUT2D eigenvalue weighted by molar-refractivity contribution is 7.80. The summed E-state index contributed by atoms with van der Waals surface area (Å²) < 4.78 is 36.7. The highest BCUT2D eigenvalue weighted by atomic mass is 32.3. The van der Waals surface area contributed by atoms with Crippen LogP contribution in [0, 0.1) is 0 Å². The van der Waals surface area contributed by atoms with Crippen molar-refractivity contribution in [3.05, 3.63) is 0 Å². The van der Waals surface area contributed by atoms with Crippen LogP contribution in [0.25, 0.3) is 0 Å². The lowest BCUT2D eigenvalue weighted by molar-refractivity contribution is -0.0748. The van der Waals surface area contributed by atoms with Crippen molar-refractivity contribution in [3.8, 4) is 0 Å². The zero-order chi connectivity index (χ0) is 23.3. The maximum atomic E-state index is 9.56. The van der Waals surface area contributed by atoms with Gasteiger partial charge in [0.15, 0.2) is 0 Å². The number of nitrogens with one attached hydrogen (secondary N) is 1. The van der Waals surface area contributed by atoms with Crippen LogP contribution in [0.4, 0.5) is 0 Å². The van der Waals surface area contributed by atoms with Gasteiger partial charge in [-0.15, -0.1) is 0 Å². The lowest BCUT2D eigenvalue weighted by Crippen LogP contribution is -2.49. The minimum atomic E-state index is -4.17. The Morgan fingerprint density at radius 2 is 1.32 bits per heavy atom. The molecule has 0 aromatic heterocycles. The summed E-state index contributed by atoms with van der Waals surface area (Å²) in [4.78, 5) is 0. The monoisotopic (exact) mass is 465 g/mol. The Hall–Kier alpha value is -0.210. The molecule has 6 nitrogen and oxygen atoms in total. The molecule has 1 saturated heterocycles. The summed E-state index contributed by atoms with van der Waals surface area (Å²) in [5.41, 5.74) is 0.148. The molecule has 0 aromatic rings. The first-order chi connectivity index (χ1) is 14.9. The first-order valence-corrected chi connectivity index (χ1v) is 14.2. The maximum Gasteiger partial charge on any atom is 0.397 e. The Morgan fingerprint density at radius 3 is 1.65 bits per heavy atom. The fourth-order valence-corrected chi connectivity index (χ4v) is 4.36. The van der Waals surface area contributed by atoms with Crippen molar-refractivity contribution in [1.29, 1.82) is 0 Å². The van der Waals surface area contributed by atoms with E-state index in [9.17, 15) is 8.42 Å². The van der Waals surface area contributed by atoms with Crippen LogP contribution in [0.5, 0.6) is 0 Å². The number of rotatable bonds is 18. The number of ether oxygens (including phenoxy) is 1. The SMILES string of the molecule is CCCCCCCCCCCCCCCCC1(CC)CNCCO1.CCOS(=O)(=O)O. The zero-order valence-corrected chi connectivity index (χ0v) is 21.4. The molecule has 1 aliphatic rings. The van der Waals surface area contributed by atoms with Gasteiger partial charge in [0.1, 0.15) is 0 Å². The number of unbranched alkanes of at least 4 members (excludes halogenated alkanes) is 13. The average Bonchev–Trinajstić information content (AvgIpc) is 2.74. The van der Waals surface area contributed by atoms with Gasteiger partial charge in [-0.2, -0.15) is 8.42 Å². The van der Waals surface area contributed by atoms with Crippen molar-refractivity contribution < 1.29 is 21.9 Å². The Morgan fingerprint density at radius 1 is 0.839 bits per heavy atom. The normalized spacial score (nSPS) is 19.1. The zero-order valence-electron chi connectivity index (χ0n) is 20.6. The molecular weight excluding hydrogens is 414 g/mol. The summed E-state index contributed by atoms with van der Waals surface area (Å²) >= 11 is 0. The first kappa shape index (κ1) is 30.8. The Balaban J connectivity index is 0.00000110. The van der Waals surface area contributed by atoms with Gasteiger partial charge in [-0.25, -0.2) is 4.18 Å². The molecule has 1 atom stereocenters. The molecule has 7 heteroatoms. The Kier molecular flexibility index (Phi) is 20.3. The van der Waals surface area contributed by atoms with Crippen LogP contribution in [-0.2, 0) is 19.3 Å². The minimum Gasteiger partial charge on any atom is -0.372 e. The van der Waals surface area contributed by atoms with Crippen LogP contribution in [0.15, 0.2) is 0 Å². The molecule has 1 rings (SSSR count). The van der Waals surface area contributed by atoms with Crippen molar-refractivity contribution >= 4 is 10.4 Å². The molecule has 0 radical (unpaired) electrons. The molecule has 1 aliphatic heterocycles. The van der Waals surface area contributed by atoms with Crippen molar-refractivity contribution in [2.45, 2.75) is 129 Å². The van der Waals surface area contributed by atoms with Crippen LogP contribution < -0.4 is 5.32 Å². The van der Waals surface area contributed by atoms with E-state index < -0.39 is 10.4 Å². The van der Waals surface area contributed by atoms with Gasteiger partial charge in [-0.1, -0.05) is 104 Å². The van der Waals surface area contributed by atoms with Gasteiger partial charge >= 0.3 is 10.4 Å². The van der Waals surface area contributed by atoms with Crippen LogP contribution in [0.3, 0.4) is 0 Å². The smallest absolute Gasteiger partial charge is 0.372 e. The summed E-state index contributed by atoms with van der Waals surface area (Å²) in [5.74, 6) is 0. The van der Waals surface area contributed by atoms with Gasteiger partial charge < -0.3 is 10.1 Å². The summed E-state index contributed by atoms with van der Waals surface area (Å²) in [6.07, 6.45) is 22.5. The fraction of sp³-hybridized carbons (Fsp3) is 1.00. The highest BCUT2D eigenvalue weighted by Crippen LogP contribution is 2.25. The first-order valence-electron chi connectivity index (χ1n) is 12.9. The lowest BCUT2D eigenvalue weighted by atomic mass is 9.91. The molecule has 2 N–H and O–H groups in total. The average molecular weight is 466 g/mol. The fourth-order valence-electron chi connectivity index (χ4n) is 4.06. The third-order valence-electron chi connectivity index (χ3n) is 6.03. The van der Waals surface area contributed by atoms with Crippen molar-refractivity contribution in [2.24, 2.45) is 0 Å². The molecule has 0 aliphatic carbocycles. The highest BCUT2D eigenvalue weighted by Gasteiger charge is 2.30. The predicted octanol–water partition coefficient (Wildman–Crippen LogP) is 6.45. The Bertz CT molecular complexity index is 478. The van der Waals surface area contributed by atoms with Crippen molar-refractivity contribution in [1.82, 2.24) is 5.32 Å². The third-order valence-corrected chi connectivity index (χ3v) is 6.56. The van der Waals surface area contributed by atoms with Gasteiger partial charge in [0.25, 0.3) is 0 Å². The van der Waals surface area contributed by atoms with E-state index in [-0.39, 0.29) is 12.2 Å². The van der Waals surface area contributed by atoms with Gasteiger partial charge in [0.05, 0.1) is 18.8 Å². The molecule has 0 saturated carbocycles. The molecule has 0 bridgehead atoms. The predicted molar refractivity (Wildman–Crippen MR) is 130 cm³/mol.